The smallest absolute Gasteiger partial charge is 0.265 e. The number of methoxy groups -OCH3 is 1. The number of nitrogens with zero attached hydrogens (tertiary/aromatic N) is 2. The van der Waals surface area contributed by atoms with Gasteiger partial charge in [-0.05, 0) is 114 Å². The Morgan fingerprint density at radius 1 is 1.02 bits per heavy atom. The minimum atomic E-state index is -3.96. The first-order valence-electron chi connectivity index (χ1n) is 17.8. The Morgan fingerprint density at radius 3 is 2.43 bits per heavy atom. The van der Waals surface area contributed by atoms with E-state index in [1.807, 2.05) is 25.2 Å². The zero-order valence-electron chi connectivity index (χ0n) is 30.1. The normalized spacial score (nSPS) is 24.2. The summed E-state index contributed by atoms with van der Waals surface area (Å²) in [5.41, 5.74) is 5.36. The lowest BCUT2D eigenvalue weighted by atomic mass is 9.72. The number of carbonyl (C=O) groups is 2. The molecule has 6 rings (SSSR count). The molecular formula is C39H52N4O5S. The van der Waals surface area contributed by atoms with Crippen molar-refractivity contribution in [2.75, 3.05) is 20.7 Å². The Kier molecular flexibility index (Phi) is 9.76. The second kappa shape index (κ2) is 13.6. The van der Waals surface area contributed by atoms with Gasteiger partial charge in [-0.2, -0.15) is 0 Å². The van der Waals surface area contributed by atoms with Gasteiger partial charge in [-0.1, -0.05) is 37.8 Å². The number of rotatable bonds is 8. The number of likely N-dealkylation sites (N-methyl/N-ethyl adjacent to an activating group) is 1. The van der Waals surface area contributed by atoms with Gasteiger partial charge in [-0.15, -0.1) is 0 Å². The number of carbonyl (C=O) groups excluding carboxylic acids is 2. The number of nitrogens with one attached hydrogen (secondary N) is 2. The third-order valence-electron chi connectivity index (χ3n) is 11.4. The van der Waals surface area contributed by atoms with E-state index in [4.69, 9.17) is 4.74 Å². The van der Waals surface area contributed by atoms with Crippen LogP contribution in [0.15, 0.2) is 47.4 Å². The van der Waals surface area contributed by atoms with E-state index < -0.39 is 21.3 Å². The third kappa shape index (κ3) is 6.42. The molecule has 0 spiro atoms. The SMILES string of the molecule is CNCC1CC[C@@H](C)N1C(=O)C1(C)Cn2c(c(C3CCCCC3)c3ccc(C(=O)NS(=O)(=O)C=C(C)C)cc32)-c2ccc(OC)cc2C1C. The molecule has 2 aromatic carbocycles. The fourth-order valence-electron chi connectivity index (χ4n) is 8.78. The van der Waals surface area contributed by atoms with Crippen LogP contribution in [0, 0.1) is 5.41 Å². The van der Waals surface area contributed by atoms with Crippen molar-refractivity contribution in [2.24, 2.45) is 5.41 Å². The molecule has 1 saturated heterocycles. The Bertz CT molecular complexity index is 1900. The number of aromatic nitrogens is 1. The summed E-state index contributed by atoms with van der Waals surface area (Å²) in [6, 6.07) is 12.0. The van der Waals surface area contributed by atoms with Crippen LogP contribution in [-0.4, -0.2) is 62.5 Å². The van der Waals surface area contributed by atoms with Crippen molar-refractivity contribution in [1.29, 1.82) is 0 Å². The van der Waals surface area contributed by atoms with Crippen molar-refractivity contribution in [3.8, 4) is 17.0 Å². The first-order chi connectivity index (χ1) is 23.3. The van der Waals surface area contributed by atoms with Gasteiger partial charge in [0.25, 0.3) is 15.9 Å². The molecule has 2 fully saturated rings. The van der Waals surface area contributed by atoms with Gasteiger partial charge in [0.2, 0.25) is 5.91 Å². The number of likely N-dealkylation sites (tertiary alicyclic amines) is 1. The zero-order chi connectivity index (χ0) is 35.2. The van der Waals surface area contributed by atoms with Crippen LogP contribution < -0.4 is 14.8 Å². The second-order valence-corrected chi connectivity index (χ2v) is 16.6. The standard InChI is InChI=1S/C39H52N4O5S/c1-24(2)22-49(46,47)41-37(44)28-14-17-32-34(19-28)42-23-39(5,38(45)43-25(3)13-15-29(43)21-40-6)26(4)33-20-30(48-7)16-18-31(33)36(42)35(32)27-11-9-8-10-12-27/h14,16-20,22,25-27,29,40H,8-13,15,21,23H2,1-7H3,(H,41,44)/t25-,26?,29?,39?/m1/s1. The molecule has 264 valence electrons. The molecule has 4 atom stereocenters. The van der Waals surface area contributed by atoms with E-state index in [0.29, 0.717) is 18.0 Å². The largest absolute Gasteiger partial charge is 0.497 e. The topological polar surface area (TPSA) is 110 Å². The first-order valence-corrected chi connectivity index (χ1v) is 19.4. The number of allylic oxidation sites excluding steroid dienone is 1. The van der Waals surface area contributed by atoms with Crippen LogP contribution in [0.2, 0.25) is 0 Å². The highest BCUT2D eigenvalue weighted by atomic mass is 32.2. The van der Waals surface area contributed by atoms with E-state index in [2.05, 4.69) is 52.4 Å². The number of amides is 2. The Balaban J connectivity index is 1.60. The molecule has 9 nitrogen and oxygen atoms in total. The highest BCUT2D eigenvalue weighted by Crippen LogP contribution is 2.53. The van der Waals surface area contributed by atoms with E-state index in [1.54, 1.807) is 27.0 Å². The third-order valence-corrected chi connectivity index (χ3v) is 12.6. The minimum Gasteiger partial charge on any atom is -0.497 e. The van der Waals surface area contributed by atoms with Gasteiger partial charge in [-0.25, -0.2) is 13.1 Å². The maximum Gasteiger partial charge on any atom is 0.265 e. The molecule has 3 aromatic rings. The molecule has 49 heavy (non-hydrogen) atoms. The van der Waals surface area contributed by atoms with Crippen molar-refractivity contribution in [3.05, 3.63) is 64.1 Å². The maximum atomic E-state index is 15.1. The average Bonchev–Trinajstić information content (AvgIpc) is 3.56. The first kappa shape index (κ1) is 35.2. The number of fused-ring (bicyclic) bond motifs is 5. The van der Waals surface area contributed by atoms with Crippen LogP contribution in [0.3, 0.4) is 0 Å². The molecule has 2 N–H and O–H groups in total. The number of hydrogen-bond acceptors (Lipinski definition) is 6. The van der Waals surface area contributed by atoms with Crippen LogP contribution in [-0.2, 0) is 21.4 Å². The Hall–Kier alpha value is -3.63. The average molecular weight is 689 g/mol. The highest BCUT2D eigenvalue weighted by molar-refractivity contribution is 7.93. The van der Waals surface area contributed by atoms with Gasteiger partial charge >= 0.3 is 0 Å². The molecule has 1 aliphatic carbocycles. The lowest BCUT2D eigenvalue weighted by Crippen LogP contribution is -2.52. The van der Waals surface area contributed by atoms with Crippen molar-refractivity contribution in [1.82, 2.24) is 19.5 Å². The molecule has 1 aromatic heterocycles. The monoisotopic (exact) mass is 688 g/mol. The molecular weight excluding hydrogens is 637 g/mol. The van der Waals surface area contributed by atoms with Gasteiger partial charge in [-0.3, -0.25) is 9.59 Å². The van der Waals surface area contributed by atoms with Crippen molar-refractivity contribution < 1.29 is 22.7 Å². The van der Waals surface area contributed by atoms with Crippen LogP contribution in [0.4, 0.5) is 0 Å². The summed E-state index contributed by atoms with van der Waals surface area (Å²) in [5, 5.41) is 5.43. The summed E-state index contributed by atoms with van der Waals surface area (Å²) in [6.45, 7) is 10.9. The summed E-state index contributed by atoms with van der Waals surface area (Å²) in [5.74, 6) is 0.385. The van der Waals surface area contributed by atoms with Crippen LogP contribution >= 0.6 is 0 Å². The number of sulfonamides is 1. The number of hydrogen-bond donors (Lipinski definition) is 2. The Morgan fingerprint density at radius 2 is 1.76 bits per heavy atom. The molecule has 3 unspecified atom stereocenters. The van der Waals surface area contributed by atoms with Gasteiger partial charge in [0.05, 0.1) is 18.2 Å². The van der Waals surface area contributed by atoms with Crippen molar-refractivity contribution in [3.63, 3.8) is 0 Å². The lowest BCUT2D eigenvalue weighted by Gasteiger charge is -2.41. The van der Waals surface area contributed by atoms with Crippen molar-refractivity contribution in [2.45, 2.75) is 110 Å². The highest BCUT2D eigenvalue weighted by Gasteiger charge is 2.50. The summed E-state index contributed by atoms with van der Waals surface area (Å²) in [6.07, 6.45) is 7.59. The van der Waals surface area contributed by atoms with Crippen LogP contribution in [0.5, 0.6) is 5.75 Å². The summed E-state index contributed by atoms with van der Waals surface area (Å²) in [4.78, 5) is 30.7. The fourth-order valence-corrected chi connectivity index (χ4v) is 9.83. The van der Waals surface area contributed by atoms with E-state index in [0.717, 1.165) is 84.0 Å². The quantitative estimate of drug-likeness (QED) is 0.262. The van der Waals surface area contributed by atoms with Crippen LogP contribution in [0.1, 0.15) is 113 Å². The van der Waals surface area contributed by atoms with Crippen molar-refractivity contribution >= 4 is 32.7 Å². The zero-order valence-corrected chi connectivity index (χ0v) is 30.9. The van der Waals surface area contributed by atoms with E-state index in [-0.39, 0.29) is 29.5 Å². The minimum absolute atomic E-state index is 0.112. The summed E-state index contributed by atoms with van der Waals surface area (Å²) < 4.78 is 35.7. The molecule has 1 saturated carbocycles. The summed E-state index contributed by atoms with van der Waals surface area (Å²) in [7, 11) is -0.345. The number of benzene rings is 2. The predicted octanol–water partition coefficient (Wildman–Crippen LogP) is 7.07. The van der Waals surface area contributed by atoms with Gasteiger partial charge in [0.1, 0.15) is 5.75 Å². The molecule has 3 heterocycles. The van der Waals surface area contributed by atoms with Gasteiger partial charge in [0.15, 0.2) is 0 Å². The molecule has 10 heteroatoms. The molecule has 2 amide bonds. The van der Waals surface area contributed by atoms with E-state index in [9.17, 15) is 13.2 Å². The predicted molar refractivity (Wildman–Crippen MR) is 195 cm³/mol. The molecule has 0 bridgehead atoms. The Labute approximate surface area is 291 Å². The number of ether oxygens (including phenoxy) is 1. The lowest BCUT2D eigenvalue weighted by molar-refractivity contribution is -0.146. The molecule has 2 aliphatic heterocycles. The summed E-state index contributed by atoms with van der Waals surface area (Å²) >= 11 is 0. The second-order valence-electron chi connectivity index (χ2n) is 15.0. The molecule has 3 aliphatic rings. The van der Waals surface area contributed by atoms with E-state index in [1.165, 1.54) is 12.0 Å². The fraction of sp³-hybridized carbons (Fsp3) is 0.538. The van der Waals surface area contributed by atoms with Crippen LogP contribution in [0.25, 0.3) is 22.2 Å². The molecule has 0 radical (unpaired) electrons. The maximum absolute atomic E-state index is 15.1. The van der Waals surface area contributed by atoms with Gasteiger partial charge < -0.3 is 19.5 Å². The van der Waals surface area contributed by atoms with Gasteiger partial charge in [0, 0.05) is 52.6 Å². The van der Waals surface area contributed by atoms with E-state index >= 15 is 4.79 Å².